The van der Waals surface area contributed by atoms with Gasteiger partial charge in [0.2, 0.25) is 0 Å². The molecule has 0 radical (unpaired) electrons. The van der Waals surface area contributed by atoms with Gasteiger partial charge in [-0.05, 0) is 18.2 Å². The minimum absolute atomic E-state index is 0.596. The maximum absolute atomic E-state index is 8.93. The second kappa shape index (κ2) is 7.54. The molecule has 0 saturated heterocycles. The topological polar surface area (TPSA) is 71.5 Å². The SMILES string of the molecule is COCCN(CCOC)c1cc(C#N)ccc1N. The van der Waals surface area contributed by atoms with Crippen molar-refractivity contribution in [1.29, 1.82) is 5.26 Å². The van der Waals surface area contributed by atoms with Crippen molar-refractivity contribution in [3.05, 3.63) is 23.8 Å². The first kappa shape index (κ1) is 14.3. The number of hydrogen-bond donors (Lipinski definition) is 1. The third-order valence-corrected chi connectivity index (χ3v) is 2.63. The minimum Gasteiger partial charge on any atom is -0.397 e. The number of benzene rings is 1. The number of nitrogen functional groups attached to an aromatic ring is 1. The molecule has 18 heavy (non-hydrogen) atoms. The molecule has 0 aliphatic rings. The van der Waals surface area contributed by atoms with Gasteiger partial charge in [0.1, 0.15) is 0 Å². The van der Waals surface area contributed by atoms with Crippen LogP contribution in [0.2, 0.25) is 0 Å². The van der Waals surface area contributed by atoms with Crippen molar-refractivity contribution >= 4 is 11.4 Å². The number of ether oxygens (including phenoxy) is 2. The Labute approximate surface area is 108 Å². The van der Waals surface area contributed by atoms with Crippen molar-refractivity contribution in [3.8, 4) is 6.07 Å². The number of hydrogen-bond acceptors (Lipinski definition) is 5. The highest BCUT2D eigenvalue weighted by Crippen LogP contribution is 2.24. The average Bonchev–Trinajstić information content (AvgIpc) is 2.40. The van der Waals surface area contributed by atoms with Gasteiger partial charge in [0.25, 0.3) is 0 Å². The van der Waals surface area contributed by atoms with Crippen LogP contribution in [-0.2, 0) is 9.47 Å². The second-order valence-corrected chi connectivity index (χ2v) is 3.86. The van der Waals surface area contributed by atoms with Crippen molar-refractivity contribution < 1.29 is 9.47 Å². The Kier molecular flexibility index (Phi) is 5.98. The number of nitriles is 1. The van der Waals surface area contributed by atoms with E-state index < -0.39 is 0 Å². The lowest BCUT2D eigenvalue weighted by Crippen LogP contribution is -2.31. The standard InChI is InChI=1S/C13H19N3O2/c1-17-7-5-16(6-8-18-2)13-9-11(10-14)3-4-12(13)15/h3-4,9H,5-8,15H2,1-2H3. The minimum atomic E-state index is 0.596. The van der Waals surface area contributed by atoms with Crippen molar-refractivity contribution in [2.45, 2.75) is 0 Å². The molecule has 1 rings (SSSR count). The van der Waals surface area contributed by atoms with Crippen LogP contribution >= 0.6 is 0 Å². The fraction of sp³-hybridized carbons (Fsp3) is 0.462. The van der Waals surface area contributed by atoms with Gasteiger partial charge in [0, 0.05) is 27.3 Å². The maximum Gasteiger partial charge on any atom is 0.0992 e. The molecule has 0 aliphatic heterocycles. The summed E-state index contributed by atoms with van der Waals surface area (Å²) in [5.74, 6) is 0. The zero-order chi connectivity index (χ0) is 13.4. The Bertz CT molecular complexity index is 407. The molecule has 0 unspecified atom stereocenters. The summed E-state index contributed by atoms with van der Waals surface area (Å²) in [5, 5.41) is 8.93. The van der Waals surface area contributed by atoms with Gasteiger partial charge in [0.15, 0.2) is 0 Å². The van der Waals surface area contributed by atoms with E-state index in [0.29, 0.717) is 37.6 Å². The van der Waals surface area contributed by atoms with Crippen LogP contribution in [0.5, 0.6) is 0 Å². The molecule has 0 spiro atoms. The first-order chi connectivity index (χ1) is 8.72. The number of anilines is 2. The summed E-state index contributed by atoms with van der Waals surface area (Å²) < 4.78 is 10.2. The van der Waals surface area contributed by atoms with Crippen LogP contribution in [-0.4, -0.2) is 40.5 Å². The van der Waals surface area contributed by atoms with E-state index in [9.17, 15) is 0 Å². The molecule has 1 aromatic carbocycles. The zero-order valence-electron chi connectivity index (χ0n) is 10.8. The van der Waals surface area contributed by atoms with Gasteiger partial charge in [-0.2, -0.15) is 5.26 Å². The highest BCUT2D eigenvalue weighted by molar-refractivity contribution is 5.69. The van der Waals surface area contributed by atoms with E-state index in [-0.39, 0.29) is 0 Å². The van der Waals surface area contributed by atoms with E-state index in [4.69, 9.17) is 20.5 Å². The fourth-order valence-electron chi connectivity index (χ4n) is 1.64. The van der Waals surface area contributed by atoms with E-state index in [2.05, 4.69) is 11.0 Å². The third kappa shape index (κ3) is 3.91. The monoisotopic (exact) mass is 249 g/mol. The van der Waals surface area contributed by atoms with Gasteiger partial charge in [-0.25, -0.2) is 0 Å². The lowest BCUT2D eigenvalue weighted by Gasteiger charge is -2.25. The molecule has 0 fully saturated rings. The van der Waals surface area contributed by atoms with Crippen LogP contribution in [0.4, 0.5) is 11.4 Å². The van der Waals surface area contributed by atoms with E-state index in [1.165, 1.54) is 0 Å². The van der Waals surface area contributed by atoms with Crippen molar-refractivity contribution in [3.63, 3.8) is 0 Å². The van der Waals surface area contributed by atoms with Crippen LogP contribution < -0.4 is 10.6 Å². The number of nitrogens with zero attached hydrogens (tertiary/aromatic N) is 2. The maximum atomic E-state index is 8.93. The summed E-state index contributed by atoms with van der Waals surface area (Å²) in [4.78, 5) is 2.06. The van der Waals surface area contributed by atoms with Crippen molar-refractivity contribution in [2.24, 2.45) is 0 Å². The van der Waals surface area contributed by atoms with Crippen molar-refractivity contribution in [2.75, 3.05) is 51.2 Å². The van der Waals surface area contributed by atoms with Gasteiger partial charge in [0.05, 0.1) is 36.2 Å². The Morgan fingerprint density at radius 2 is 1.83 bits per heavy atom. The van der Waals surface area contributed by atoms with E-state index in [0.717, 1.165) is 5.69 Å². The molecule has 0 heterocycles. The molecule has 0 aromatic heterocycles. The van der Waals surface area contributed by atoms with Gasteiger partial charge in [-0.15, -0.1) is 0 Å². The Morgan fingerprint density at radius 1 is 1.22 bits per heavy atom. The number of nitrogens with two attached hydrogens (primary N) is 1. The highest BCUT2D eigenvalue weighted by Gasteiger charge is 2.10. The molecule has 0 aliphatic carbocycles. The normalized spacial score (nSPS) is 10.1. The van der Waals surface area contributed by atoms with Gasteiger partial charge in [-0.1, -0.05) is 0 Å². The summed E-state index contributed by atoms with van der Waals surface area (Å²) in [6.07, 6.45) is 0. The molecule has 5 nitrogen and oxygen atoms in total. The molecule has 98 valence electrons. The van der Waals surface area contributed by atoms with Gasteiger partial charge in [-0.3, -0.25) is 0 Å². The predicted octanol–water partition coefficient (Wildman–Crippen LogP) is 1.24. The highest BCUT2D eigenvalue weighted by atomic mass is 16.5. The van der Waals surface area contributed by atoms with Crippen LogP contribution in [0.15, 0.2) is 18.2 Å². The lowest BCUT2D eigenvalue weighted by atomic mass is 10.1. The summed E-state index contributed by atoms with van der Waals surface area (Å²) in [5.41, 5.74) is 8.06. The fourth-order valence-corrected chi connectivity index (χ4v) is 1.64. The van der Waals surface area contributed by atoms with Crippen LogP contribution in [0.1, 0.15) is 5.56 Å². The molecule has 0 bridgehead atoms. The number of rotatable bonds is 7. The van der Waals surface area contributed by atoms with Crippen LogP contribution in [0.25, 0.3) is 0 Å². The summed E-state index contributed by atoms with van der Waals surface area (Å²) in [6.45, 7) is 2.61. The molecule has 0 saturated carbocycles. The predicted molar refractivity (Wildman–Crippen MR) is 71.5 cm³/mol. The summed E-state index contributed by atoms with van der Waals surface area (Å²) in [7, 11) is 3.31. The lowest BCUT2D eigenvalue weighted by molar-refractivity contribution is 0.190. The largest absolute Gasteiger partial charge is 0.397 e. The number of methoxy groups -OCH3 is 2. The van der Waals surface area contributed by atoms with E-state index >= 15 is 0 Å². The van der Waals surface area contributed by atoms with Crippen LogP contribution in [0, 0.1) is 11.3 Å². The Morgan fingerprint density at radius 3 is 2.33 bits per heavy atom. The van der Waals surface area contributed by atoms with Crippen LogP contribution in [0.3, 0.4) is 0 Å². The first-order valence-corrected chi connectivity index (χ1v) is 5.75. The molecule has 1 aromatic rings. The third-order valence-electron chi connectivity index (χ3n) is 2.63. The Balaban J connectivity index is 2.91. The molecule has 0 amide bonds. The second-order valence-electron chi connectivity index (χ2n) is 3.86. The van der Waals surface area contributed by atoms with E-state index in [1.54, 1.807) is 32.4 Å². The average molecular weight is 249 g/mol. The van der Waals surface area contributed by atoms with E-state index in [1.807, 2.05) is 0 Å². The zero-order valence-corrected chi connectivity index (χ0v) is 10.8. The molecule has 0 atom stereocenters. The van der Waals surface area contributed by atoms with Gasteiger partial charge < -0.3 is 20.1 Å². The smallest absolute Gasteiger partial charge is 0.0992 e. The quantitative estimate of drug-likeness (QED) is 0.736. The molecular formula is C13H19N3O2. The van der Waals surface area contributed by atoms with Gasteiger partial charge >= 0.3 is 0 Å². The Hall–Kier alpha value is -1.77. The first-order valence-electron chi connectivity index (χ1n) is 5.75. The van der Waals surface area contributed by atoms with Crippen molar-refractivity contribution in [1.82, 2.24) is 0 Å². The summed E-state index contributed by atoms with van der Waals surface area (Å²) >= 11 is 0. The molecular weight excluding hydrogens is 230 g/mol. The molecule has 2 N–H and O–H groups in total. The summed E-state index contributed by atoms with van der Waals surface area (Å²) in [6, 6.07) is 7.37. The molecule has 5 heteroatoms.